The maximum absolute atomic E-state index is 12.0. The molecular formula is C21H27N5O3. The van der Waals surface area contributed by atoms with E-state index < -0.39 is 6.03 Å². The van der Waals surface area contributed by atoms with E-state index in [1.807, 2.05) is 24.3 Å². The fraction of sp³-hybridized carbons (Fsp3) is 0.333. The topological polar surface area (TPSA) is 85.9 Å². The molecule has 1 fully saturated rings. The maximum atomic E-state index is 12.0. The zero-order chi connectivity index (χ0) is 20.5. The Bertz CT molecular complexity index is 807. The number of urea groups is 1. The summed E-state index contributed by atoms with van der Waals surface area (Å²) in [6.07, 6.45) is 0.320. The van der Waals surface area contributed by atoms with Crippen molar-refractivity contribution in [3.8, 4) is 5.75 Å². The summed E-state index contributed by atoms with van der Waals surface area (Å²) in [7, 11) is 1.53. The van der Waals surface area contributed by atoms with Gasteiger partial charge in [0.1, 0.15) is 5.75 Å². The lowest BCUT2D eigenvalue weighted by Gasteiger charge is -2.36. The number of methoxy groups -OCH3 is 1. The first-order chi connectivity index (χ1) is 14.2. The molecule has 0 aliphatic carbocycles. The van der Waals surface area contributed by atoms with Crippen LogP contribution in [0.4, 0.5) is 16.2 Å². The highest BCUT2D eigenvalue weighted by atomic mass is 16.5. The van der Waals surface area contributed by atoms with Crippen LogP contribution in [0.1, 0.15) is 6.42 Å². The summed E-state index contributed by atoms with van der Waals surface area (Å²) >= 11 is 0. The normalized spacial score (nSPS) is 14.2. The van der Waals surface area contributed by atoms with Crippen molar-refractivity contribution in [3.05, 3.63) is 54.6 Å². The first-order valence-electron chi connectivity index (χ1n) is 9.67. The van der Waals surface area contributed by atoms with Gasteiger partial charge in [-0.15, -0.1) is 0 Å². The van der Waals surface area contributed by atoms with Gasteiger partial charge in [-0.25, -0.2) is 10.2 Å². The molecule has 1 heterocycles. The van der Waals surface area contributed by atoms with E-state index in [1.54, 1.807) is 18.2 Å². The molecule has 3 amide bonds. The second-order valence-corrected chi connectivity index (χ2v) is 6.74. The average molecular weight is 397 g/mol. The van der Waals surface area contributed by atoms with Crippen molar-refractivity contribution in [2.45, 2.75) is 6.42 Å². The summed E-state index contributed by atoms with van der Waals surface area (Å²) in [5.74, 6) is 0.314. The minimum atomic E-state index is -0.528. The number of nitrogens with zero attached hydrogens (tertiary/aromatic N) is 2. The van der Waals surface area contributed by atoms with E-state index in [4.69, 9.17) is 4.74 Å². The summed E-state index contributed by atoms with van der Waals surface area (Å²) < 4.78 is 5.17. The van der Waals surface area contributed by atoms with Gasteiger partial charge in [0.05, 0.1) is 12.8 Å². The Labute approximate surface area is 170 Å². The third-order valence-electron chi connectivity index (χ3n) is 4.82. The predicted molar refractivity (Wildman–Crippen MR) is 113 cm³/mol. The summed E-state index contributed by atoms with van der Waals surface area (Å²) in [6, 6.07) is 16.9. The van der Waals surface area contributed by atoms with Gasteiger partial charge in [0.25, 0.3) is 0 Å². The van der Waals surface area contributed by atoms with Crippen molar-refractivity contribution in [1.82, 2.24) is 15.8 Å². The molecule has 0 unspecified atom stereocenters. The number of carbonyl (C=O) groups excluding carboxylic acids is 2. The second-order valence-electron chi connectivity index (χ2n) is 6.74. The predicted octanol–water partition coefficient (Wildman–Crippen LogP) is 2.06. The Morgan fingerprint density at radius 1 is 0.931 bits per heavy atom. The fourth-order valence-electron chi connectivity index (χ4n) is 3.22. The number of amides is 3. The molecule has 3 N–H and O–H groups in total. The Kier molecular flexibility index (Phi) is 7.29. The van der Waals surface area contributed by atoms with Crippen molar-refractivity contribution in [3.63, 3.8) is 0 Å². The minimum Gasteiger partial charge on any atom is -0.495 e. The van der Waals surface area contributed by atoms with Gasteiger partial charge in [0.2, 0.25) is 5.91 Å². The van der Waals surface area contributed by atoms with Gasteiger partial charge in [-0.2, -0.15) is 0 Å². The van der Waals surface area contributed by atoms with Gasteiger partial charge in [-0.3, -0.25) is 15.1 Å². The van der Waals surface area contributed by atoms with Crippen LogP contribution in [0.25, 0.3) is 0 Å². The minimum absolute atomic E-state index is 0.231. The zero-order valence-corrected chi connectivity index (χ0v) is 16.6. The number of hydrogen-bond acceptors (Lipinski definition) is 5. The molecule has 8 heteroatoms. The molecule has 0 saturated carbocycles. The number of piperazine rings is 1. The van der Waals surface area contributed by atoms with Crippen molar-refractivity contribution < 1.29 is 14.3 Å². The Morgan fingerprint density at radius 2 is 1.62 bits per heavy atom. The number of nitrogens with one attached hydrogen (secondary N) is 3. The molecule has 2 aromatic carbocycles. The molecule has 0 atom stereocenters. The second kappa shape index (κ2) is 10.3. The number of para-hydroxylation sites is 3. The van der Waals surface area contributed by atoms with Crippen LogP contribution in [0, 0.1) is 0 Å². The molecule has 2 aromatic rings. The van der Waals surface area contributed by atoms with E-state index >= 15 is 0 Å². The number of rotatable bonds is 6. The molecule has 1 aliphatic rings. The molecule has 29 heavy (non-hydrogen) atoms. The quantitative estimate of drug-likeness (QED) is 0.650. The number of hydrogen-bond donors (Lipinski definition) is 3. The van der Waals surface area contributed by atoms with Crippen LogP contribution in [0.3, 0.4) is 0 Å². The van der Waals surface area contributed by atoms with Crippen LogP contribution < -0.4 is 25.8 Å². The lowest BCUT2D eigenvalue weighted by molar-refractivity contribution is -0.122. The Balaban J connectivity index is 1.34. The largest absolute Gasteiger partial charge is 0.495 e. The van der Waals surface area contributed by atoms with E-state index in [2.05, 4.69) is 38.1 Å². The van der Waals surface area contributed by atoms with Crippen LogP contribution in [-0.2, 0) is 4.79 Å². The van der Waals surface area contributed by atoms with Gasteiger partial charge in [0, 0.05) is 44.8 Å². The van der Waals surface area contributed by atoms with Gasteiger partial charge >= 0.3 is 6.03 Å². The molecule has 1 aliphatic heterocycles. The molecular weight excluding hydrogens is 370 g/mol. The van der Waals surface area contributed by atoms with Crippen molar-refractivity contribution >= 4 is 23.3 Å². The number of benzene rings is 2. The van der Waals surface area contributed by atoms with Crippen molar-refractivity contribution in [1.29, 1.82) is 0 Å². The number of hydrazine groups is 1. The first kappa shape index (κ1) is 20.5. The van der Waals surface area contributed by atoms with E-state index in [-0.39, 0.29) is 5.91 Å². The summed E-state index contributed by atoms with van der Waals surface area (Å²) in [5.41, 5.74) is 6.56. The molecule has 3 rings (SSSR count). The van der Waals surface area contributed by atoms with Crippen LogP contribution >= 0.6 is 0 Å². The molecule has 0 radical (unpaired) electrons. The standard InChI is InChI=1S/C21H27N5O3/c1-29-19-10-6-5-9-18(19)22-21(28)24-23-20(27)11-12-25-13-15-26(16-14-25)17-7-3-2-4-8-17/h2-10H,11-16H2,1H3,(H,23,27)(H2,22,24,28). The SMILES string of the molecule is COc1ccccc1NC(=O)NNC(=O)CCN1CCN(c2ccccc2)CC1. The molecule has 1 saturated heterocycles. The van der Waals surface area contributed by atoms with E-state index in [9.17, 15) is 9.59 Å². The van der Waals surface area contributed by atoms with E-state index in [0.717, 1.165) is 26.2 Å². The fourth-order valence-corrected chi connectivity index (χ4v) is 3.22. The molecule has 0 bridgehead atoms. The average Bonchev–Trinajstić information content (AvgIpc) is 2.77. The van der Waals surface area contributed by atoms with Gasteiger partial charge < -0.3 is 15.0 Å². The van der Waals surface area contributed by atoms with Crippen molar-refractivity contribution in [2.24, 2.45) is 0 Å². The molecule has 8 nitrogen and oxygen atoms in total. The van der Waals surface area contributed by atoms with Gasteiger partial charge in [-0.05, 0) is 24.3 Å². The lowest BCUT2D eigenvalue weighted by Crippen LogP contribution is -2.48. The summed E-state index contributed by atoms with van der Waals surface area (Å²) in [6.45, 7) is 4.34. The zero-order valence-electron chi connectivity index (χ0n) is 16.6. The third kappa shape index (κ3) is 6.11. The van der Waals surface area contributed by atoms with E-state index in [1.165, 1.54) is 12.8 Å². The van der Waals surface area contributed by atoms with Crippen molar-refractivity contribution in [2.75, 3.05) is 50.1 Å². The first-order valence-corrected chi connectivity index (χ1v) is 9.67. The number of carbonyl (C=O) groups is 2. The molecule has 154 valence electrons. The number of anilines is 2. The van der Waals surface area contributed by atoms with Gasteiger partial charge in [0.15, 0.2) is 0 Å². The highest BCUT2D eigenvalue weighted by Gasteiger charge is 2.17. The lowest BCUT2D eigenvalue weighted by atomic mass is 10.2. The third-order valence-corrected chi connectivity index (χ3v) is 4.82. The highest BCUT2D eigenvalue weighted by molar-refractivity contribution is 5.92. The van der Waals surface area contributed by atoms with E-state index in [0.29, 0.717) is 24.4 Å². The van der Waals surface area contributed by atoms with Gasteiger partial charge in [-0.1, -0.05) is 30.3 Å². The Morgan fingerprint density at radius 3 is 2.34 bits per heavy atom. The molecule has 0 spiro atoms. The smallest absolute Gasteiger partial charge is 0.338 e. The monoisotopic (exact) mass is 397 g/mol. The highest BCUT2D eigenvalue weighted by Crippen LogP contribution is 2.22. The van der Waals surface area contributed by atoms with Crippen LogP contribution in [-0.4, -0.2) is 56.7 Å². The summed E-state index contributed by atoms with van der Waals surface area (Å²) in [4.78, 5) is 28.6. The number of ether oxygens (including phenoxy) is 1. The maximum Gasteiger partial charge on any atom is 0.338 e. The molecule has 0 aromatic heterocycles. The van der Waals surface area contributed by atoms with Crippen LogP contribution in [0.15, 0.2) is 54.6 Å². The Hall–Kier alpha value is -3.26. The summed E-state index contributed by atoms with van der Waals surface area (Å²) in [5, 5.41) is 2.64. The van der Waals surface area contributed by atoms with Crippen LogP contribution in [0.5, 0.6) is 5.75 Å². The van der Waals surface area contributed by atoms with Crippen LogP contribution in [0.2, 0.25) is 0 Å².